The van der Waals surface area contributed by atoms with Crippen LogP contribution in [0.5, 0.6) is 0 Å². The molecule has 2 rings (SSSR count). The van der Waals surface area contributed by atoms with Crippen molar-refractivity contribution in [2.75, 3.05) is 13.1 Å². The highest BCUT2D eigenvalue weighted by Gasteiger charge is 2.18. The van der Waals surface area contributed by atoms with Gasteiger partial charge in [0, 0.05) is 6.42 Å². The Morgan fingerprint density at radius 1 is 1.55 bits per heavy atom. The van der Waals surface area contributed by atoms with E-state index in [1.165, 1.54) is 0 Å². The average molecular weight is 216 g/mol. The molecule has 0 amide bonds. The predicted molar refractivity (Wildman–Crippen MR) is 46.5 cm³/mol. The van der Waals surface area contributed by atoms with Crippen molar-refractivity contribution in [3.63, 3.8) is 0 Å². The van der Waals surface area contributed by atoms with Gasteiger partial charge in [0.1, 0.15) is 5.76 Å². The summed E-state index contributed by atoms with van der Waals surface area (Å²) >= 11 is 3.28. The normalized spacial score (nSPS) is 18.3. The topological polar surface area (TPSA) is 25.2 Å². The molecule has 1 N–H and O–H groups in total. The van der Waals surface area contributed by atoms with Gasteiger partial charge in [-0.05, 0) is 47.1 Å². The van der Waals surface area contributed by atoms with Crippen molar-refractivity contribution < 1.29 is 4.42 Å². The quantitative estimate of drug-likeness (QED) is 0.815. The summed E-state index contributed by atoms with van der Waals surface area (Å²) in [5, 5.41) is 3.23. The molecule has 0 radical (unpaired) electrons. The fraction of sp³-hybridized carbons (Fsp3) is 0.500. The van der Waals surface area contributed by atoms with E-state index in [1.807, 2.05) is 12.1 Å². The zero-order valence-electron chi connectivity index (χ0n) is 6.14. The first-order valence-corrected chi connectivity index (χ1v) is 4.59. The van der Waals surface area contributed by atoms with Crippen molar-refractivity contribution in [1.29, 1.82) is 0 Å². The van der Waals surface area contributed by atoms with E-state index in [0.717, 1.165) is 35.9 Å². The second-order valence-electron chi connectivity index (χ2n) is 2.93. The Morgan fingerprint density at radius 3 is 2.82 bits per heavy atom. The van der Waals surface area contributed by atoms with Gasteiger partial charge < -0.3 is 9.73 Å². The molecule has 3 heteroatoms. The first-order valence-electron chi connectivity index (χ1n) is 3.79. The zero-order valence-corrected chi connectivity index (χ0v) is 7.73. The van der Waals surface area contributed by atoms with E-state index >= 15 is 0 Å². The summed E-state index contributed by atoms with van der Waals surface area (Å²) < 4.78 is 6.21. The second-order valence-corrected chi connectivity index (χ2v) is 3.72. The van der Waals surface area contributed by atoms with E-state index in [2.05, 4.69) is 21.2 Å². The summed E-state index contributed by atoms with van der Waals surface area (Å²) in [4.78, 5) is 0. The highest BCUT2D eigenvalue weighted by atomic mass is 79.9. The Hall–Kier alpha value is -0.280. The molecule has 0 aliphatic carbocycles. The van der Waals surface area contributed by atoms with Crippen molar-refractivity contribution >= 4 is 15.9 Å². The third-order valence-corrected chi connectivity index (χ3v) is 2.41. The molecule has 1 aromatic heterocycles. The van der Waals surface area contributed by atoms with Crippen LogP contribution in [0.25, 0.3) is 0 Å². The van der Waals surface area contributed by atoms with E-state index in [4.69, 9.17) is 4.42 Å². The maximum Gasteiger partial charge on any atom is 0.169 e. The van der Waals surface area contributed by atoms with Gasteiger partial charge in [0.25, 0.3) is 0 Å². The lowest BCUT2D eigenvalue weighted by Gasteiger charge is -2.25. The molecule has 1 saturated heterocycles. The molecule has 0 saturated carbocycles. The predicted octanol–water partition coefficient (Wildman–Crippen LogP) is 1.80. The van der Waals surface area contributed by atoms with Crippen molar-refractivity contribution in [1.82, 2.24) is 5.32 Å². The third kappa shape index (κ3) is 1.65. The fourth-order valence-electron chi connectivity index (χ4n) is 1.24. The molecule has 0 bridgehead atoms. The summed E-state index contributed by atoms with van der Waals surface area (Å²) in [5.41, 5.74) is 0. The van der Waals surface area contributed by atoms with Gasteiger partial charge in [-0.15, -0.1) is 0 Å². The molecule has 1 aromatic rings. The summed E-state index contributed by atoms with van der Waals surface area (Å²) in [6.07, 6.45) is 1.07. The minimum absolute atomic E-state index is 0.785. The summed E-state index contributed by atoms with van der Waals surface area (Å²) in [5.74, 6) is 1.87. The molecule has 1 aliphatic heterocycles. The van der Waals surface area contributed by atoms with Gasteiger partial charge in [-0.25, -0.2) is 0 Å². The van der Waals surface area contributed by atoms with Crippen LogP contribution >= 0.6 is 15.9 Å². The molecule has 0 atom stereocenters. The minimum atomic E-state index is 0.785. The molecule has 2 nitrogen and oxygen atoms in total. The van der Waals surface area contributed by atoms with Gasteiger partial charge >= 0.3 is 0 Å². The van der Waals surface area contributed by atoms with Gasteiger partial charge in [-0.1, -0.05) is 0 Å². The molecule has 1 fully saturated rings. The van der Waals surface area contributed by atoms with Gasteiger partial charge in [-0.3, -0.25) is 0 Å². The number of nitrogens with one attached hydrogen (secondary N) is 1. The van der Waals surface area contributed by atoms with E-state index in [-0.39, 0.29) is 0 Å². The van der Waals surface area contributed by atoms with Crippen LogP contribution < -0.4 is 5.32 Å². The molecule has 1 aliphatic rings. The molecular weight excluding hydrogens is 206 g/mol. The Balaban J connectivity index is 1.95. The van der Waals surface area contributed by atoms with Crippen molar-refractivity contribution in [2.45, 2.75) is 6.42 Å². The minimum Gasteiger partial charge on any atom is -0.454 e. The van der Waals surface area contributed by atoms with Crippen LogP contribution in [-0.2, 0) is 6.42 Å². The number of rotatable bonds is 2. The van der Waals surface area contributed by atoms with Gasteiger partial charge in [0.2, 0.25) is 0 Å². The molecule has 0 aromatic carbocycles. The van der Waals surface area contributed by atoms with Gasteiger partial charge in [-0.2, -0.15) is 0 Å². The average Bonchev–Trinajstić information content (AvgIpc) is 2.27. The van der Waals surface area contributed by atoms with Crippen molar-refractivity contribution in [3.8, 4) is 0 Å². The maximum atomic E-state index is 5.38. The Labute approximate surface area is 74.1 Å². The Morgan fingerprint density at radius 2 is 2.36 bits per heavy atom. The Kier molecular flexibility index (Phi) is 2.00. The van der Waals surface area contributed by atoms with Crippen molar-refractivity contribution in [2.24, 2.45) is 5.92 Å². The van der Waals surface area contributed by atoms with E-state index in [9.17, 15) is 0 Å². The highest BCUT2D eigenvalue weighted by Crippen LogP contribution is 2.18. The number of furan rings is 1. The number of hydrogen-bond acceptors (Lipinski definition) is 2. The monoisotopic (exact) mass is 215 g/mol. The fourth-order valence-corrected chi connectivity index (χ4v) is 1.58. The molecule has 0 spiro atoms. The van der Waals surface area contributed by atoms with Gasteiger partial charge in [0.05, 0.1) is 0 Å². The molecule has 60 valence electrons. The largest absolute Gasteiger partial charge is 0.454 e. The van der Waals surface area contributed by atoms with Crippen LogP contribution in [0.4, 0.5) is 0 Å². The first kappa shape index (κ1) is 7.37. The van der Waals surface area contributed by atoms with Crippen LogP contribution in [0.2, 0.25) is 0 Å². The first-order chi connectivity index (χ1) is 5.34. The van der Waals surface area contributed by atoms with E-state index in [0.29, 0.717) is 0 Å². The van der Waals surface area contributed by atoms with Crippen LogP contribution in [0.3, 0.4) is 0 Å². The molecular formula is C8H10BrNO. The molecule has 2 heterocycles. The Bertz CT molecular complexity index is 242. The maximum absolute atomic E-state index is 5.38. The lowest BCUT2D eigenvalue weighted by molar-refractivity contribution is 0.321. The summed E-state index contributed by atoms with van der Waals surface area (Å²) in [6.45, 7) is 2.27. The summed E-state index contributed by atoms with van der Waals surface area (Å²) in [6, 6.07) is 3.98. The van der Waals surface area contributed by atoms with Gasteiger partial charge in [0.15, 0.2) is 4.67 Å². The smallest absolute Gasteiger partial charge is 0.169 e. The standard InChI is InChI=1S/C8H10BrNO/c9-8-2-1-7(11-8)3-6-4-10-5-6/h1-2,6,10H,3-5H2. The lowest BCUT2D eigenvalue weighted by atomic mass is 9.98. The lowest BCUT2D eigenvalue weighted by Crippen LogP contribution is -2.42. The highest BCUT2D eigenvalue weighted by molar-refractivity contribution is 9.10. The van der Waals surface area contributed by atoms with Crippen LogP contribution in [-0.4, -0.2) is 13.1 Å². The van der Waals surface area contributed by atoms with Crippen LogP contribution in [0.1, 0.15) is 5.76 Å². The van der Waals surface area contributed by atoms with Crippen molar-refractivity contribution in [3.05, 3.63) is 22.6 Å². The third-order valence-electron chi connectivity index (χ3n) is 1.98. The van der Waals surface area contributed by atoms with Crippen LogP contribution in [0.15, 0.2) is 21.2 Å². The summed E-state index contributed by atoms with van der Waals surface area (Å²) in [7, 11) is 0. The second kappa shape index (κ2) is 2.99. The van der Waals surface area contributed by atoms with E-state index < -0.39 is 0 Å². The van der Waals surface area contributed by atoms with Crippen LogP contribution in [0, 0.1) is 5.92 Å². The molecule has 0 unspecified atom stereocenters. The van der Waals surface area contributed by atoms with E-state index in [1.54, 1.807) is 0 Å². The number of halogens is 1. The molecule has 11 heavy (non-hydrogen) atoms. The zero-order chi connectivity index (χ0) is 7.68. The number of hydrogen-bond donors (Lipinski definition) is 1. The SMILES string of the molecule is Brc1ccc(CC2CNC2)o1.